The van der Waals surface area contributed by atoms with Crippen molar-refractivity contribution in [1.29, 1.82) is 0 Å². The van der Waals surface area contributed by atoms with Gasteiger partial charge in [-0.1, -0.05) is 70.5 Å². The molecule has 1 saturated heterocycles. The van der Waals surface area contributed by atoms with E-state index < -0.39 is 11.5 Å². The van der Waals surface area contributed by atoms with Gasteiger partial charge in [-0.15, -0.1) is 0 Å². The number of benzene rings is 2. The molecule has 2 aromatic rings. The molecule has 1 aliphatic heterocycles. The third kappa shape index (κ3) is 3.72. The topological polar surface area (TPSA) is 40.5 Å². The maximum atomic E-state index is 13.1. The highest BCUT2D eigenvalue weighted by Gasteiger charge is 2.45. The Hall–Kier alpha value is -1.65. The molecule has 1 amide bonds. The van der Waals surface area contributed by atoms with E-state index in [1.54, 1.807) is 6.92 Å². The molecule has 3 rings (SSSR count). The van der Waals surface area contributed by atoms with Gasteiger partial charge in [-0.05, 0) is 43.4 Å². The third-order valence-corrected chi connectivity index (χ3v) is 5.99. The molecule has 3 atom stereocenters. The van der Waals surface area contributed by atoms with Crippen molar-refractivity contribution in [2.24, 2.45) is 5.92 Å². The van der Waals surface area contributed by atoms with Crippen LogP contribution in [0.1, 0.15) is 43.0 Å². The number of amides is 1. The van der Waals surface area contributed by atoms with Crippen molar-refractivity contribution < 1.29 is 9.90 Å². The molecule has 0 radical (unpaired) electrons. The summed E-state index contributed by atoms with van der Waals surface area (Å²) in [7, 11) is 0. The van der Waals surface area contributed by atoms with Gasteiger partial charge in [-0.25, -0.2) is 0 Å². The van der Waals surface area contributed by atoms with Gasteiger partial charge in [0.05, 0.1) is 17.6 Å². The van der Waals surface area contributed by atoms with Crippen LogP contribution in [0.2, 0.25) is 0 Å². The molecule has 0 unspecified atom stereocenters. The van der Waals surface area contributed by atoms with E-state index in [4.69, 9.17) is 0 Å². The predicted octanol–water partition coefficient (Wildman–Crippen LogP) is 4.44. The van der Waals surface area contributed by atoms with Crippen molar-refractivity contribution in [3.63, 3.8) is 0 Å². The summed E-state index contributed by atoms with van der Waals surface area (Å²) in [6, 6.07) is 18.1. The van der Waals surface area contributed by atoms with Crippen molar-refractivity contribution in [3.8, 4) is 0 Å². The largest absolute Gasteiger partial charge is 0.385 e. The fourth-order valence-corrected chi connectivity index (χ4v) is 4.30. The first-order valence-electron chi connectivity index (χ1n) is 9.18. The first-order chi connectivity index (χ1) is 12.4. The molecule has 1 heterocycles. The summed E-state index contributed by atoms with van der Waals surface area (Å²) in [5.41, 5.74) is 2.00. The number of halogens is 1. The zero-order valence-corrected chi connectivity index (χ0v) is 16.9. The number of aliphatic hydroxyl groups is 1. The summed E-state index contributed by atoms with van der Waals surface area (Å²) < 4.78 is 0. The van der Waals surface area contributed by atoms with E-state index in [9.17, 15) is 9.90 Å². The fourth-order valence-electron chi connectivity index (χ4n) is 3.84. The van der Waals surface area contributed by atoms with Gasteiger partial charge in [0.2, 0.25) is 5.91 Å². The number of carbonyl (C=O) groups is 1. The molecule has 26 heavy (non-hydrogen) atoms. The Morgan fingerprint density at radius 3 is 2.46 bits per heavy atom. The van der Waals surface area contributed by atoms with Crippen LogP contribution in [0.3, 0.4) is 0 Å². The number of aryl methyl sites for hydroxylation is 1. The lowest BCUT2D eigenvalue weighted by atomic mass is 9.81. The van der Waals surface area contributed by atoms with Gasteiger partial charge in [-0.2, -0.15) is 0 Å². The first-order valence-corrected chi connectivity index (χ1v) is 10.3. The summed E-state index contributed by atoms with van der Waals surface area (Å²) >= 11 is 3.45. The Morgan fingerprint density at radius 1 is 1.19 bits per heavy atom. The Bertz CT molecular complexity index is 742. The Kier molecular flexibility index (Phi) is 5.83. The van der Waals surface area contributed by atoms with Crippen molar-refractivity contribution in [1.82, 2.24) is 4.90 Å². The molecule has 0 aromatic heterocycles. The van der Waals surface area contributed by atoms with E-state index >= 15 is 0 Å². The second-order valence-corrected chi connectivity index (χ2v) is 8.04. The molecule has 0 aliphatic carbocycles. The number of hydrogen-bond donors (Lipinski definition) is 1. The molecule has 0 saturated carbocycles. The molecule has 0 bridgehead atoms. The SMILES string of the molecule is C[C@@H](c1ccccc1)N1CC[C@H]([C@@](C)(O)c2ccc(CCBr)cc2)C1=O. The van der Waals surface area contributed by atoms with Crippen LogP contribution in [-0.2, 0) is 16.8 Å². The predicted molar refractivity (Wildman–Crippen MR) is 108 cm³/mol. The van der Waals surface area contributed by atoms with Crippen molar-refractivity contribution >= 4 is 21.8 Å². The number of rotatable bonds is 6. The molecule has 4 heteroatoms. The van der Waals surface area contributed by atoms with Gasteiger partial charge in [0.25, 0.3) is 0 Å². The molecule has 138 valence electrons. The van der Waals surface area contributed by atoms with Gasteiger partial charge in [0.15, 0.2) is 0 Å². The quantitative estimate of drug-likeness (QED) is 0.708. The molecule has 2 aromatic carbocycles. The minimum Gasteiger partial charge on any atom is -0.385 e. The van der Waals surface area contributed by atoms with Crippen LogP contribution in [-0.4, -0.2) is 27.8 Å². The fraction of sp³-hybridized carbons (Fsp3) is 0.409. The lowest BCUT2D eigenvalue weighted by Crippen LogP contribution is -2.39. The summed E-state index contributed by atoms with van der Waals surface area (Å²) in [5, 5.41) is 12.1. The maximum absolute atomic E-state index is 13.1. The summed E-state index contributed by atoms with van der Waals surface area (Å²) in [6.45, 7) is 4.50. The number of alkyl halides is 1. The number of carbonyl (C=O) groups excluding carboxylic acids is 1. The van der Waals surface area contributed by atoms with Crippen molar-refractivity contribution in [3.05, 3.63) is 71.3 Å². The molecule has 1 N–H and O–H groups in total. The van der Waals surface area contributed by atoms with Crippen LogP contribution in [0.25, 0.3) is 0 Å². The average Bonchev–Trinajstić information content (AvgIpc) is 3.05. The second kappa shape index (κ2) is 7.93. The normalized spacial score (nSPS) is 20.8. The molecule has 0 spiro atoms. The van der Waals surface area contributed by atoms with Gasteiger partial charge in [0.1, 0.15) is 0 Å². The summed E-state index contributed by atoms with van der Waals surface area (Å²) in [5.74, 6) is -0.369. The van der Waals surface area contributed by atoms with Gasteiger partial charge in [-0.3, -0.25) is 4.79 Å². The highest BCUT2D eigenvalue weighted by molar-refractivity contribution is 9.09. The highest BCUT2D eigenvalue weighted by atomic mass is 79.9. The summed E-state index contributed by atoms with van der Waals surface area (Å²) in [4.78, 5) is 15.0. The zero-order valence-electron chi connectivity index (χ0n) is 15.4. The smallest absolute Gasteiger partial charge is 0.229 e. The van der Waals surface area contributed by atoms with Gasteiger partial charge >= 0.3 is 0 Å². The third-order valence-electron chi connectivity index (χ3n) is 5.59. The first kappa shape index (κ1) is 19.1. The van der Waals surface area contributed by atoms with Crippen LogP contribution in [0.4, 0.5) is 0 Å². The van der Waals surface area contributed by atoms with Gasteiger partial charge in [0, 0.05) is 11.9 Å². The maximum Gasteiger partial charge on any atom is 0.229 e. The Morgan fingerprint density at radius 2 is 1.85 bits per heavy atom. The standard InChI is InChI=1S/C22H26BrNO2/c1-16(18-6-4-3-5-7-18)24-15-13-20(21(24)25)22(2,26)19-10-8-17(9-11-19)12-14-23/h3-11,16,20,26H,12-15H2,1-2H3/t16-,20-,22-/m0/s1. The second-order valence-electron chi connectivity index (χ2n) is 7.24. The zero-order chi connectivity index (χ0) is 18.7. The van der Waals surface area contributed by atoms with Crippen LogP contribution in [0.15, 0.2) is 54.6 Å². The Labute approximate surface area is 164 Å². The molecule has 1 aliphatic rings. The minimum absolute atomic E-state index is 0.0193. The van der Waals surface area contributed by atoms with Crippen LogP contribution in [0.5, 0.6) is 0 Å². The Balaban J connectivity index is 1.77. The average molecular weight is 416 g/mol. The molecule has 3 nitrogen and oxygen atoms in total. The van der Waals surface area contributed by atoms with Crippen molar-refractivity contribution in [2.45, 2.75) is 38.3 Å². The van der Waals surface area contributed by atoms with Crippen LogP contribution < -0.4 is 0 Å². The minimum atomic E-state index is -1.16. The molecule has 1 fully saturated rings. The number of likely N-dealkylation sites (tertiary alicyclic amines) is 1. The van der Waals surface area contributed by atoms with E-state index in [-0.39, 0.29) is 11.9 Å². The molecular formula is C22H26BrNO2. The lowest BCUT2D eigenvalue weighted by Gasteiger charge is -2.31. The monoisotopic (exact) mass is 415 g/mol. The summed E-state index contributed by atoms with van der Waals surface area (Å²) in [6.07, 6.45) is 1.62. The van der Waals surface area contributed by atoms with E-state index in [1.165, 1.54) is 5.56 Å². The van der Waals surface area contributed by atoms with E-state index in [0.29, 0.717) is 13.0 Å². The van der Waals surface area contributed by atoms with Gasteiger partial charge < -0.3 is 10.0 Å². The van der Waals surface area contributed by atoms with E-state index in [1.807, 2.05) is 59.5 Å². The van der Waals surface area contributed by atoms with Crippen LogP contribution in [0, 0.1) is 5.92 Å². The van der Waals surface area contributed by atoms with Crippen LogP contribution >= 0.6 is 15.9 Å². The highest BCUT2D eigenvalue weighted by Crippen LogP contribution is 2.39. The number of hydrogen-bond acceptors (Lipinski definition) is 2. The van der Waals surface area contributed by atoms with E-state index in [0.717, 1.165) is 22.9 Å². The van der Waals surface area contributed by atoms with Crippen molar-refractivity contribution in [2.75, 3.05) is 11.9 Å². The van der Waals surface area contributed by atoms with E-state index in [2.05, 4.69) is 22.9 Å². The molecular weight excluding hydrogens is 390 g/mol. The number of nitrogens with zero attached hydrogens (tertiary/aromatic N) is 1. The lowest BCUT2D eigenvalue weighted by molar-refractivity contribution is -0.140.